The first-order chi connectivity index (χ1) is 4.57. The maximum Gasteiger partial charge on any atom is 0.304 e. The quantitative estimate of drug-likeness (QED) is 0.629. The van der Waals surface area contributed by atoms with Crippen LogP contribution in [0.1, 0.15) is 6.42 Å². The number of aliphatic carboxylic acids is 1. The summed E-state index contributed by atoms with van der Waals surface area (Å²) in [6.45, 7) is 3.67. The summed E-state index contributed by atoms with van der Waals surface area (Å²) in [5.41, 5.74) is 0.849. The molecular weight excluding hydrogens is 264 g/mol. The molecule has 1 unspecified atom stereocenters. The second-order valence-corrected chi connectivity index (χ2v) is 3.52. The van der Waals surface area contributed by atoms with Gasteiger partial charge in [0.2, 0.25) is 0 Å². The van der Waals surface area contributed by atoms with Crippen LogP contribution in [0.25, 0.3) is 0 Å². The van der Waals surface area contributed by atoms with Gasteiger partial charge in [0.25, 0.3) is 0 Å². The van der Waals surface area contributed by atoms with Gasteiger partial charge in [-0.3, -0.25) is 4.79 Å². The lowest BCUT2D eigenvalue weighted by Crippen LogP contribution is -2.09. The molecule has 0 saturated carbocycles. The number of halogens is 2. The standard InChI is InChI=1S/C6H8Br2O2/c1-4(3-7)5(8)2-6(9)10/h5H,1-3H2,(H,9,10). The highest BCUT2D eigenvalue weighted by Gasteiger charge is 2.11. The number of hydrogen-bond acceptors (Lipinski definition) is 1. The van der Waals surface area contributed by atoms with Crippen molar-refractivity contribution in [1.82, 2.24) is 0 Å². The summed E-state index contributed by atoms with van der Waals surface area (Å²) in [5, 5.41) is 8.98. The fourth-order valence-electron chi connectivity index (χ4n) is 0.381. The summed E-state index contributed by atoms with van der Waals surface area (Å²) >= 11 is 6.38. The van der Waals surface area contributed by atoms with Crippen molar-refractivity contribution in [3.05, 3.63) is 12.2 Å². The lowest BCUT2D eigenvalue weighted by atomic mass is 10.2. The average molecular weight is 272 g/mol. The molecule has 0 aliphatic carbocycles. The van der Waals surface area contributed by atoms with Gasteiger partial charge in [-0.15, -0.1) is 0 Å². The van der Waals surface area contributed by atoms with Gasteiger partial charge in [-0.25, -0.2) is 0 Å². The van der Waals surface area contributed by atoms with Gasteiger partial charge < -0.3 is 5.11 Å². The normalized spacial score (nSPS) is 12.6. The largest absolute Gasteiger partial charge is 0.481 e. The lowest BCUT2D eigenvalue weighted by Gasteiger charge is -2.06. The first-order valence-electron chi connectivity index (χ1n) is 2.67. The molecule has 0 heterocycles. The van der Waals surface area contributed by atoms with Crippen LogP contribution in [0.4, 0.5) is 0 Å². The van der Waals surface area contributed by atoms with E-state index in [-0.39, 0.29) is 11.2 Å². The van der Waals surface area contributed by atoms with Crippen LogP contribution in [0, 0.1) is 0 Å². The third-order valence-electron chi connectivity index (χ3n) is 0.968. The van der Waals surface area contributed by atoms with Crippen molar-refractivity contribution in [2.24, 2.45) is 0 Å². The minimum absolute atomic E-state index is 0.0877. The lowest BCUT2D eigenvalue weighted by molar-refractivity contribution is -0.136. The molecule has 0 bridgehead atoms. The van der Waals surface area contributed by atoms with Gasteiger partial charge in [-0.05, 0) is 0 Å². The molecule has 1 atom stereocenters. The van der Waals surface area contributed by atoms with E-state index >= 15 is 0 Å². The zero-order valence-electron chi connectivity index (χ0n) is 5.31. The van der Waals surface area contributed by atoms with Gasteiger partial charge in [-0.1, -0.05) is 44.0 Å². The molecule has 0 fully saturated rings. The molecule has 0 radical (unpaired) electrons. The van der Waals surface area contributed by atoms with Crippen molar-refractivity contribution < 1.29 is 9.90 Å². The Bertz CT molecular complexity index is 145. The number of carbonyl (C=O) groups is 1. The number of allylic oxidation sites excluding steroid dienone is 1. The maximum absolute atomic E-state index is 10.1. The summed E-state index contributed by atoms with van der Waals surface area (Å²) in [7, 11) is 0. The highest BCUT2D eigenvalue weighted by atomic mass is 79.9. The molecular formula is C6H8Br2O2. The Morgan fingerprint density at radius 3 is 2.50 bits per heavy atom. The highest BCUT2D eigenvalue weighted by molar-refractivity contribution is 9.10. The Labute approximate surface area is 76.6 Å². The highest BCUT2D eigenvalue weighted by Crippen LogP contribution is 2.15. The molecule has 0 rings (SSSR count). The summed E-state index contributed by atoms with van der Waals surface area (Å²) in [5.74, 6) is -0.816. The number of alkyl halides is 2. The molecule has 0 aromatic heterocycles. The molecule has 1 N–H and O–H groups in total. The van der Waals surface area contributed by atoms with Crippen LogP contribution < -0.4 is 0 Å². The molecule has 2 nitrogen and oxygen atoms in total. The maximum atomic E-state index is 10.1. The van der Waals surface area contributed by atoms with Crippen LogP contribution in [0.2, 0.25) is 0 Å². The summed E-state index contributed by atoms with van der Waals surface area (Å²) < 4.78 is 0. The van der Waals surface area contributed by atoms with E-state index in [9.17, 15) is 4.79 Å². The molecule has 0 amide bonds. The third-order valence-corrected chi connectivity index (χ3v) is 2.66. The number of hydrogen-bond donors (Lipinski definition) is 1. The monoisotopic (exact) mass is 270 g/mol. The van der Waals surface area contributed by atoms with Crippen LogP contribution in [-0.2, 0) is 4.79 Å². The van der Waals surface area contributed by atoms with Gasteiger partial charge in [0.1, 0.15) is 0 Å². The van der Waals surface area contributed by atoms with Crippen LogP contribution in [0.15, 0.2) is 12.2 Å². The van der Waals surface area contributed by atoms with Gasteiger partial charge in [0.15, 0.2) is 0 Å². The fraction of sp³-hybridized carbons (Fsp3) is 0.500. The van der Waals surface area contributed by atoms with E-state index in [1.165, 1.54) is 0 Å². The van der Waals surface area contributed by atoms with E-state index in [0.717, 1.165) is 5.57 Å². The van der Waals surface area contributed by atoms with Crippen LogP contribution in [0.3, 0.4) is 0 Å². The Balaban J connectivity index is 3.72. The minimum atomic E-state index is -0.816. The molecule has 0 saturated heterocycles. The van der Waals surface area contributed by atoms with Gasteiger partial charge >= 0.3 is 5.97 Å². The number of carboxylic acids is 1. The number of rotatable bonds is 4. The first-order valence-corrected chi connectivity index (χ1v) is 4.71. The van der Waals surface area contributed by atoms with E-state index in [0.29, 0.717) is 5.33 Å². The molecule has 0 spiro atoms. The van der Waals surface area contributed by atoms with Crippen molar-refractivity contribution in [1.29, 1.82) is 0 Å². The van der Waals surface area contributed by atoms with E-state index in [1.807, 2.05) is 0 Å². The van der Waals surface area contributed by atoms with Crippen molar-refractivity contribution in [2.45, 2.75) is 11.2 Å². The van der Waals surface area contributed by atoms with Gasteiger partial charge in [0.05, 0.1) is 6.42 Å². The Morgan fingerprint density at radius 1 is 1.70 bits per heavy atom. The van der Waals surface area contributed by atoms with Gasteiger partial charge in [-0.2, -0.15) is 0 Å². The zero-order valence-corrected chi connectivity index (χ0v) is 8.48. The van der Waals surface area contributed by atoms with Gasteiger partial charge in [0, 0.05) is 10.2 Å². The first kappa shape index (κ1) is 10.2. The predicted octanol–water partition coefficient (Wildman–Crippen LogP) is 2.18. The fourth-order valence-corrected chi connectivity index (χ4v) is 1.65. The molecule has 0 aliphatic rings. The second-order valence-electron chi connectivity index (χ2n) is 1.86. The summed E-state index contributed by atoms with van der Waals surface area (Å²) in [6.07, 6.45) is 0.0877. The van der Waals surface area contributed by atoms with Crippen molar-refractivity contribution in [2.75, 3.05) is 5.33 Å². The van der Waals surface area contributed by atoms with Crippen molar-refractivity contribution in [3.8, 4) is 0 Å². The smallest absolute Gasteiger partial charge is 0.304 e. The van der Waals surface area contributed by atoms with Crippen LogP contribution in [0.5, 0.6) is 0 Å². The zero-order chi connectivity index (χ0) is 8.15. The van der Waals surface area contributed by atoms with E-state index in [1.54, 1.807) is 0 Å². The second kappa shape index (κ2) is 4.91. The Hall–Kier alpha value is 0.170. The molecule has 4 heteroatoms. The average Bonchev–Trinajstić information content (AvgIpc) is 1.85. The topological polar surface area (TPSA) is 37.3 Å². The minimum Gasteiger partial charge on any atom is -0.481 e. The van der Waals surface area contributed by atoms with E-state index < -0.39 is 5.97 Å². The Kier molecular flexibility index (Phi) is 4.99. The van der Waals surface area contributed by atoms with E-state index in [4.69, 9.17) is 5.11 Å². The predicted molar refractivity (Wildman–Crippen MR) is 47.9 cm³/mol. The SMILES string of the molecule is C=C(CBr)C(Br)CC(=O)O. The molecule has 10 heavy (non-hydrogen) atoms. The molecule has 0 aromatic rings. The third kappa shape index (κ3) is 4.06. The van der Waals surface area contributed by atoms with Crippen LogP contribution in [-0.4, -0.2) is 21.2 Å². The summed E-state index contributed by atoms with van der Waals surface area (Å²) in [4.78, 5) is 10.0. The Morgan fingerprint density at radius 2 is 2.20 bits per heavy atom. The molecule has 0 aliphatic heterocycles. The number of carboxylic acid groups (broad SMARTS) is 1. The van der Waals surface area contributed by atoms with E-state index in [2.05, 4.69) is 38.4 Å². The summed E-state index contributed by atoms with van der Waals surface area (Å²) in [6, 6.07) is 0. The van der Waals surface area contributed by atoms with Crippen molar-refractivity contribution in [3.63, 3.8) is 0 Å². The van der Waals surface area contributed by atoms with Crippen molar-refractivity contribution >= 4 is 37.8 Å². The molecule has 0 aromatic carbocycles. The van der Waals surface area contributed by atoms with Crippen LogP contribution >= 0.6 is 31.9 Å². The molecule has 58 valence electrons.